The van der Waals surface area contributed by atoms with Crippen molar-refractivity contribution in [1.29, 1.82) is 0 Å². The van der Waals surface area contributed by atoms with Gasteiger partial charge in [-0.05, 0) is 99.9 Å². The van der Waals surface area contributed by atoms with Gasteiger partial charge in [-0.25, -0.2) is 0 Å². The summed E-state index contributed by atoms with van der Waals surface area (Å²) in [5, 5.41) is 0. The van der Waals surface area contributed by atoms with E-state index < -0.39 is 0 Å². The van der Waals surface area contributed by atoms with E-state index in [9.17, 15) is 0 Å². The lowest BCUT2D eigenvalue weighted by atomic mass is 9.72. The molecule has 0 saturated carbocycles. The van der Waals surface area contributed by atoms with Crippen molar-refractivity contribution in [2.45, 2.75) is 43.9 Å². The van der Waals surface area contributed by atoms with Crippen LogP contribution in [-0.4, -0.2) is 0 Å². The second-order valence-electron chi connectivity index (χ2n) is 12.3. The Bertz CT molecular complexity index is 1820. The highest BCUT2D eigenvalue weighted by atomic mass is 14.4. The summed E-state index contributed by atoms with van der Waals surface area (Å²) in [5.41, 5.74) is 16.6. The molecule has 0 bridgehead atoms. The van der Waals surface area contributed by atoms with Crippen molar-refractivity contribution in [3.05, 3.63) is 184 Å². The van der Waals surface area contributed by atoms with Crippen LogP contribution in [0.5, 0.6) is 0 Å². The smallest absolute Gasteiger partial charge is 0.0435 e. The fourth-order valence-corrected chi connectivity index (χ4v) is 7.96. The van der Waals surface area contributed by atoms with E-state index in [4.69, 9.17) is 0 Å². The first-order valence-corrected chi connectivity index (χ1v) is 15.0. The van der Waals surface area contributed by atoms with Crippen LogP contribution in [0.2, 0.25) is 0 Å². The lowest BCUT2D eigenvalue weighted by Crippen LogP contribution is -2.23. The van der Waals surface area contributed by atoms with Gasteiger partial charge in [0.1, 0.15) is 0 Å². The first-order valence-electron chi connectivity index (χ1n) is 15.0. The van der Waals surface area contributed by atoms with Crippen LogP contribution in [0.25, 0.3) is 16.7 Å². The zero-order valence-corrected chi connectivity index (χ0v) is 23.8. The van der Waals surface area contributed by atoms with Crippen LogP contribution in [0, 0.1) is 0 Å². The number of fused-ring (bicyclic) bond motifs is 5. The standard InChI is InChI=1S/C41H34/c1-40(36-15-7-3-11-32(36)33-12-4-8-16-37(33)40)30-23-19-28(20-24-30)27-29-21-25-31(26-22-29)41(2)38-17-9-5-13-34(38)35-14-6-10-18-39(35)41/h3-5,7-13,15-26H,6,14,27H2,1-2H3. The van der Waals surface area contributed by atoms with Crippen LogP contribution in [0.4, 0.5) is 0 Å². The minimum atomic E-state index is -0.137. The van der Waals surface area contributed by atoms with Crippen LogP contribution in [-0.2, 0) is 17.3 Å². The first-order chi connectivity index (χ1) is 20.1. The first kappa shape index (κ1) is 24.4. The van der Waals surface area contributed by atoms with Gasteiger partial charge in [0, 0.05) is 10.8 Å². The van der Waals surface area contributed by atoms with Gasteiger partial charge < -0.3 is 0 Å². The minimum absolute atomic E-state index is 0.0909. The maximum absolute atomic E-state index is 2.41. The van der Waals surface area contributed by atoms with Crippen molar-refractivity contribution >= 4 is 5.57 Å². The zero-order valence-electron chi connectivity index (χ0n) is 23.8. The largest absolute Gasteiger partial charge is 0.0839 e. The van der Waals surface area contributed by atoms with E-state index in [2.05, 4.69) is 147 Å². The number of allylic oxidation sites excluding steroid dienone is 4. The third-order valence-electron chi connectivity index (χ3n) is 10.2. The van der Waals surface area contributed by atoms with Gasteiger partial charge in [0.25, 0.3) is 0 Å². The Morgan fingerprint density at radius 1 is 0.512 bits per heavy atom. The molecule has 0 N–H and O–H groups in total. The van der Waals surface area contributed by atoms with Gasteiger partial charge in [0.15, 0.2) is 0 Å². The summed E-state index contributed by atoms with van der Waals surface area (Å²) >= 11 is 0. The molecular formula is C41H34. The Kier molecular flexibility index (Phi) is 5.38. The van der Waals surface area contributed by atoms with Crippen LogP contribution >= 0.6 is 0 Å². The highest BCUT2D eigenvalue weighted by molar-refractivity contribution is 5.85. The topological polar surface area (TPSA) is 0 Å². The molecule has 0 spiro atoms. The predicted molar refractivity (Wildman–Crippen MR) is 171 cm³/mol. The Morgan fingerprint density at radius 3 is 1.54 bits per heavy atom. The zero-order chi connectivity index (χ0) is 27.6. The Labute approximate surface area is 243 Å². The molecule has 0 radical (unpaired) electrons. The summed E-state index contributed by atoms with van der Waals surface area (Å²) in [5.74, 6) is 0. The number of benzene rings is 5. The summed E-state index contributed by atoms with van der Waals surface area (Å²) in [6.45, 7) is 4.80. The van der Waals surface area contributed by atoms with E-state index >= 15 is 0 Å². The molecule has 1 unspecified atom stereocenters. The molecular weight excluding hydrogens is 492 g/mol. The van der Waals surface area contributed by atoms with E-state index in [1.165, 1.54) is 66.8 Å². The normalized spacial score (nSPS) is 19.5. The van der Waals surface area contributed by atoms with Crippen molar-refractivity contribution in [2.75, 3.05) is 0 Å². The van der Waals surface area contributed by atoms with Crippen LogP contribution in [0.3, 0.4) is 0 Å². The van der Waals surface area contributed by atoms with Gasteiger partial charge in [0.2, 0.25) is 0 Å². The molecule has 0 heteroatoms. The molecule has 0 aromatic heterocycles. The summed E-state index contributed by atoms with van der Waals surface area (Å²) in [4.78, 5) is 0. The van der Waals surface area contributed by atoms with E-state index in [-0.39, 0.29) is 10.8 Å². The molecule has 41 heavy (non-hydrogen) atoms. The van der Waals surface area contributed by atoms with Gasteiger partial charge in [-0.1, -0.05) is 133 Å². The summed E-state index contributed by atoms with van der Waals surface area (Å²) < 4.78 is 0. The molecule has 5 aromatic carbocycles. The van der Waals surface area contributed by atoms with Crippen molar-refractivity contribution in [3.8, 4) is 11.1 Å². The monoisotopic (exact) mass is 526 g/mol. The molecule has 0 fully saturated rings. The Balaban J connectivity index is 1.09. The molecule has 0 amide bonds. The molecule has 0 nitrogen and oxygen atoms in total. The second-order valence-corrected chi connectivity index (χ2v) is 12.3. The molecule has 3 aliphatic carbocycles. The number of hydrogen-bond acceptors (Lipinski definition) is 0. The van der Waals surface area contributed by atoms with Gasteiger partial charge >= 0.3 is 0 Å². The SMILES string of the molecule is CC1(c2ccc(Cc3ccc(C4(C)c5ccccc5-c5ccccc54)cc3)cc2)C2=C(CCC=C2)c2ccccc21. The summed E-state index contributed by atoms with van der Waals surface area (Å²) in [7, 11) is 0. The number of hydrogen-bond donors (Lipinski definition) is 0. The molecule has 8 rings (SSSR count). The van der Waals surface area contributed by atoms with Crippen molar-refractivity contribution < 1.29 is 0 Å². The highest BCUT2D eigenvalue weighted by Crippen LogP contribution is 2.54. The maximum atomic E-state index is 2.41. The lowest BCUT2D eigenvalue weighted by molar-refractivity contribution is 0.703. The van der Waals surface area contributed by atoms with E-state index in [1.807, 2.05) is 0 Å². The van der Waals surface area contributed by atoms with Gasteiger partial charge in [-0.15, -0.1) is 0 Å². The summed E-state index contributed by atoms with van der Waals surface area (Å²) in [6, 6.07) is 45.6. The van der Waals surface area contributed by atoms with Crippen LogP contribution in [0.15, 0.2) is 139 Å². The van der Waals surface area contributed by atoms with Crippen molar-refractivity contribution in [3.63, 3.8) is 0 Å². The fourth-order valence-electron chi connectivity index (χ4n) is 7.96. The molecule has 0 saturated heterocycles. The quantitative estimate of drug-likeness (QED) is 0.219. The molecule has 1 atom stereocenters. The van der Waals surface area contributed by atoms with Crippen molar-refractivity contribution in [2.24, 2.45) is 0 Å². The molecule has 3 aliphatic rings. The molecule has 198 valence electrons. The third kappa shape index (κ3) is 3.47. The Morgan fingerprint density at radius 2 is 0.976 bits per heavy atom. The average molecular weight is 527 g/mol. The Hall–Kier alpha value is -4.42. The van der Waals surface area contributed by atoms with Gasteiger partial charge in [-0.2, -0.15) is 0 Å². The van der Waals surface area contributed by atoms with E-state index in [0.717, 1.165) is 19.3 Å². The number of rotatable bonds is 4. The highest BCUT2D eigenvalue weighted by Gasteiger charge is 2.42. The molecule has 0 aliphatic heterocycles. The van der Waals surface area contributed by atoms with Gasteiger partial charge in [-0.3, -0.25) is 0 Å². The maximum Gasteiger partial charge on any atom is 0.0435 e. The predicted octanol–water partition coefficient (Wildman–Crippen LogP) is 10.0. The third-order valence-corrected chi connectivity index (χ3v) is 10.2. The van der Waals surface area contributed by atoms with E-state index in [0.29, 0.717) is 0 Å². The van der Waals surface area contributed by atoms with Crippen LogP contribution < -0.4 is 0 Å². The van der Waals surface area contributed by atoms with Gasteiger partial charge in [0.05, 0.1) is 0 Å². The average Bonchev–Trinajstić information content (AvgIpc) is 3.46. The van der Waals surface area contributed by atoms with E-state index in [1.54, 1.807) is 0 Å². The fraction of sp³-hybridized carbons (Fsp3) is 0.171. The minimum Gasteiger partial charge on any atom is -0.0839 e. The second kappa shape index (κ2) is 9.05. The molecule has 0 heterocycles. The van der Waals surface area contributed by atoms with Crippen molar-refractivity contribution in [1.82, 2.24) is 0 Å². The molecule has 5 aromatic rings. The van der Waals surface area contributed by atoms with Crippen LogP contribution in [0.1, 0.15) is 71.2 Å². The lowest BCUT2D eigenvalue weighted by Gasteiger charge is -2.30. The summed E-state index contributed by atoms with van der Waals surface area (Å²) in [6.07, 6.45) is 7.95.